The van der Waals surface area contributed by atoms with E-state index in [2.05, 4.69) is 4.90 Å². The maximum Gasteiger partial charge on any atom is -0.000653 e. The van der Waals surface area contributed by atoms with Crippen LogP contribution in [0.25, 0.3) is 0 Å². The van der Waals surface area contributed by atoms with Gasteiger partial charge in [-0.2, -0.15) is 0 Å². The molecule has 0 radical (unpaired) electrons. The molecule has 1 aliphatic carbocycles. The second-order valence-electron chi connectivity index (χ2n) is 4.50. The fourth-order valence-electron chi connectivity index (χ4n) is 2.23. The van der Waals surface area contributed by atoms with E-state index in [1.54, 1.807) is 0 Å². The second-order valence-corrected chi connectivity index (χ2v) is 4.50. The van der Waals surface area contributed by atoms with Gasteiger partial charge in [0.2, 0.25) is 0 Å². The van der Waals surface area contributed by atoms with E-state index < -0.39 is 0 Å². The molecule has 0 aromatic rings. The first kappa shape index (κ1) is 8.52. The molecule has 12 heavy (non-hydrogen) atoms. The van der Waals surface area contributed by atoms with Gasteiger partial charge in [-0.1, -0.05) is 6.42 Å². The van der Waals surface area contributed by atoms with Gasteiger partial charge in [0.15, 0.2) is 0 Å². The third kappa shape index (κ3) is 1.50. The van der Waals surface area contributed by atoms with Crippen LogP contribution >= 0.6 is 0 Å². The zero-order chi connectivity index (χ0) is 8.44. The van der Waals surface area contributed by atoms with Crippen LogP contribution in [-0.2, 0) is 0 Å². The van der Waals surface area contributed by atoms with E-state index in [0.717, 1.165) is 6.54 Å². The highest BCUT2D eigenvalue weighted by atomic mass is 15.2. The molecule has 2 nitrogen and oxygen atoms in total. The summed E-state index contributed by atoms with van der Waals surface area (Å²) in [6, 6.07) is 0. The topological polar surface area (TPSA) is 29.3 Å². The van der Waals surface area contributed by atoms with E-state index >= 15 is 0 Å². The van der Waals surface area contributed by atoms with Crippen LogP contribution in [-0.4, -0.2) is 31.1 Å². The van der Waals surface area contributed by atoms with E-state index in [1.807, 2.05) is 0 Å². The Kier molecular flexibility index (Phi) is 2.37. The van der Waals surface area contributed by atoms with E-state index in [4.69, 9.17) is 5.73 Å². The highest BCUT2D eigenvalue weighted by molar-refractivity contribution is 4.89. The molecule has 1 saturated carbocycles. The molecule has 0 aromatic carbocycles. The van der Waals surface area contributed by atoms with Crippen molar-refractivity contribution in [1.82, 2.24) is 4.90 Å². The molecule has 2 rings (SSSR count). The van der Waals surface area contributed by atoms with Crippen LogP contribution in [0, 0.1) is 5.41 Å². The third-order valence-electron chi connectivity index (χ3n) is 3.75. The van der Waals surface area contributed by atoms with E-state index in [1.165, 1.54) is 51.7 Å². The Morgan fingerprint density at radius 1 is 1.17 bits per heavy atom. The van der Waals surface area contributed by atoms with Crippen molar-refractivity contribution in [1.29, 1.82) is 0 Å². The lowest BCUT2D eigenvalue weighted by atomic mass is 9.66. The Morgan fingerprint density at radius 3 is 2.25 bits per heavy atom. The maximum atomic E-state index is 5.80. The molecule has 70 valence electrons. The number of nitrogens with two attached hydrogens (primary N) is 1. The van der Waals surface area contributed by atoms with Crippen LogP contribution in [0.2, 0.25) is 0 Å². The summed E-state index contributed by atoms with van der Waals surface area (Å²) in [6.45, 7) is 4.89. The first-order chi connectivity index (χ1) is 5.85. The van der Waals surface area contributed by atoms with Gasteiger partial charge in [-0.05, 0) is 57.3 Å². The maximum absolute atomic E-state index is 5.80. The van der Waals surface area contributed by atoms with Gasteiger partial charge in [0.05, 0.1) is 0 Å². The number of rotatable bonds is 4. The van der Waals surface area contributed by atoms with Crippen molar-refractivity contribution in [3.05, 3.63) is 0 Å². The van der Waals surface area contributed by atoms with Crippen LogP contribution in [0.4, 0.5) is 0 Å². The summed E-state index contributed by atoms with van der Waals surface area (Å²) < 4.78 is 0. The molecule has 0 amide bonds. The highest BCUT2D eigenvalue weighted by Crippen LogP contribution is 2.43. The molecule has 0 spiro atoms. The summed E-state index contributed by atoms with van der Waals surface area (Å²) in [5, 5.41) is 0. The second kappa shape index (κ2) is 3.35. The van der Waals surface area contributed by atoms with E-state index in [9.17, 15) is 0 Å². The molecular formula is C10H20N2. The summed E-state index contributed by atoms with van der Waals surface area (Å²) >= 11 is 0. The van der Waals surface area contributed by atoms with Crippen molar-refractivity contribution in [2.75, 3.05) is 26.2 Å². The minimum Gasteiger partial charge on any atom is -0.330 e. The average molecular weight is 168 g/mol. The molecule has 0 aromatic heterocycles. The molecular weight excluding hydrogens is 148 g/mol. The smallest absolute Gasteiger partial charge is 0.000653 e. The van der Waals surface area contributed by atoms with E-state index in [-0.39, 0.29) is 0 Å². The molecule has 1 aliphatic heterocycles. The molecule has 2 N–H and O–H groups in total. The molecule has 2 fully saturated rings. The van der Waals surface area contributed by atoms with Gasteiger partial charge in [0, 0.05) is 0 Å². The zero-order valence-electron chi connectivity index (χ0n) is 7.89. The van der Waals surface area contributed by atoms with Gasteiger partial charge in [-0.3, -0.25) is 0 Å². The summed E-state index contributed by atoms with van der Waals surface area (Å²) in [6.07, 6.45) is 6.95. The summed E-state index contributed by atoms with van der Waals surface area (Å²) in [5.41, 5.74) is 6.36. The SMILES string of the molecule is NCC1(CCN2CCC2)CCC1. The molecule has 0 bridgehead atoms. The monoisotopic (exact) mass is 168 g/mol. The first-order valence-electron chi connectivity index (χ1n) is 5.27. The molecule has 0 atom stereocenters. The van der Waals surface area contributed by atoms with Gasteiger partial charge in [0.1, 0.15) is 0 Å². The Morgan fingerprint density at radius 2 is 1.92 bits per heavy atom. The lowest BCUT2D eigenvalue weighted by molar-refractivity contribution is 0.0860. The van der Waals surface area contributed by atoms with Gasteiger partial charge in [0.25, 0.3) is 0 Å². The van der Waals surface area contributed by atoms with Gasteiger partial charge < -0.3 is 10.6 Å². The largest absolute Gasteiger partial charge is 0.330 e. The molecule has 0 unspecified atom stereocenters. The van der Waals surface area contributed by atoms with Crippen molar-refractivity contribution in [2.45, 2.75) is 32.1 Å². The quantitative estimate of drug-likeness (QED) is 0.683. The number of nitrogens with zero attached hydrogens (tertiary/aromatic N) is 1. The lowest BCUT2D eigenvalue weighted by Gasteiger charge is -2.43. The molecule has 1 heterocycles. The minimum absolute atomic E-state index is 0.565. The van der Waals surface area contributed by atoms with Crippen molar-refractivity contribution in [2.24, 2.45) is 11.1 Å². The third-order valence-corrected chi connectivity index (χ3v) is 3.75. The summed E-state index contributed by atoms with van der Waals surface area (Å²) in [5.74, 6) is 0. The zero-order valence-corrected chi connectivity index (χ0v) is 7.89. The number of hydrogen-bond acceptors (Lipinski definition) is 2. The van der Waals surface area contributed by atoms with Crippen molar-refractivity contribution in [3.63, 3.8) is 0 Å². The molecule has 2 heteroatoms. The standard InChI is InChI=1S/C10H20N2/c11-9-10(3-1-4-10)5-8-12-6-2-7-12/h1-9,11H2. The van der Waals surface area contributed by atoms with Crippen LogP contribution in [0.5, 0.6) is 0 Å². The predicted octanol–water partition coefficient (Wildman–Crippen LogP) is 1.21. The van der Waals surface area contributed by atoms with Crippen LogP contribution in [0.15, 0.2) is 0 Å². The predicted molar refractivity (Wildman–Crippen MR) is 51.0 cm³/mol. The van der Waals surface area contributed by atoms with Crippen molar-refractivity contribution in [3.8, 4) is 0 Å². The summed E-state index contributed by atoms with van der Waals surface area (Å²) in [7, 11) is 0. The fourth-order valence-corrected chi connectivity index (χ4v) is 2.23. The van der Waals surface area contributed by atoms with E-state index in [0.29, 0.717) is 5.41 Å². The lowest BCUT2D eigenvalue weighted by Crippen LogP contribution is -2.44. The Balaban J connectivity index is 1.69. The normalized spacial score (nSPS) is 27.8. The van der Waals surface area contributed by atoms with Crippen molar-refractivity contribution < 1.29 is 0 Å². The molecule has 1 saturated heterocycles. The van der Waals surface area contributed by atoms with Crippen LogP contribution in [0.1, 0.15) is 32.1 Å². The molecule has 2 aliphatic rings. The van der Waals surface area contributed by atoms with Gasteiger partial charge in [-0.25, -0.2) is 0 Å². The van der Waals surface area contributed by atoms with Gasteiger partial charge in [-0.15, -0.1) is 0 Å². The van der Waals surface area contributed by atoms with Gasteiger partial charge >= 0.3 is 0 Å². The number of hydrogen-bond donors (Lipinski definition) is 1. The Labute approximate surface area is 75.1 Å². The highest BCUT2D eigenvalue weighted by Gasteiger charge is 2.35. The Hall–Kier alpha value is -0.0800. The fraction of sp³-hybridized carbons (Fsp3) is 1.00. The summed E-state index contributed by atoms with van der Waals surface area (Å²) in [4.78, 5) is 2.55. The minimum atomic E-state index is 0.565. The van der Waals surface area contributed by atoms with Crippen LogP contribution < -0.4 is 5.73 Å². The number of likely N-dealkylation sites (tertiary alicyclic amines) is 1. The first-order valence-corrected chi connectivity index (χ1v) is 5.27. The Bertz CT molecular complexity index is 142. The van der Waals surface area contributed by atoms with Crippen molar-refractivity contribution >= 4 is 0 Å². The average Bonchev–Trinajstić information content (AvgIpc) is 1.91. The van der Waals surface area contributed by atoms with Crippen LogP contribution in [0.3, 0.4) is 0 Å².